The lowest BCUT2D eigenvalue weighted by molar-refractivity contribution is 0.132. The maximum Gasteiger partial charge on any atom is 0.161 e. The average molecular weight is 320 g/mol. The van der Waals surface area contributed by atoms with Crippen molar-refractivity contribution in [3.8, 4) is 11.5 Å². The number of hydrogen-bond acceptors (Lipinski definition) is 4. The summed E-state index contributed by atoms with van der Waals surface area (Å²) in [5.74, 6) is 1.38. The fraction of sp³-hybridized carbons (Fsp3) is 0.235. The van der Waals surface area contributed by atoms with E-state index >= 15 is 0 Å². The minimum atomic E-state index is 0.366. The number of benzene rings is 2. The van der Waals surface area contributed by atoms with E-state index in [-0.39, 0.29) is 0 Å². The van der Waals surface area contributed by atoms with Gasteiger partial charge in [0.05, 0.1) is 19.9 Å². The molecule has 0 aliphatic carbocycles. The lowest BCUT2D eigenvalue weighted by atomic mass is 10.2. The normalized spacial score (nSPS) is 10.7. The molecule has 4 nitrogen and oxygen atoms in total. The first-order valence-corrected chi connectivity index (χ1v) is 7.31. The topological polar surface area (TPSA) is 40.0 Å². The fourth-order valence-electron chi connectivity index (χ4n) is 1.88. The third-order valence-corrected chi connectivity index (χ3v) is 3.12. The largest absolute Gasteiger partial charge is 0.493 e. The monoisotopic (exact) mass is 319 g/mol. The standard InChI is InChI=1S/C17H18ClNO3/c1-3-21-16-8-7-13(10-17(16)20-2)11-19-22-12-14-5-4-6-15(18)9-14/h4-11H,3,12H2,1-2H3/b19-11+. The van der Waals surface area contributed by atoms with E-state index in [1.807, 2.05) is 49.4 Å². The number of methoxy groups -OCH3 is 1. The average Bonchev–Trinajstić information content (AvgIpc) is 2.53. The summed E-state index contributed by atoms with van der Waals surface area (Å²) < 4.78 is 10.7. The van der Waals surface area contributed by atoms with Crippen LogP contribution in [0.3, 0.4) is 0 Å². The first-order chi connectivity index (χ1) is 10.7. The number of halogens is 1. The van der Waals surface area contributed by atoms with Gasteiger partial charge in [0.15, 0.2) is 11.5 Å². The van der Waals surface area contributed by atoms with Gasteiger partial charge in [-0.1, -0.05) is 28.9 Å². The molecule has 0 heterocycles. The molecule has 0 unspecified atom stereocenters. The lowest BCUT2D eigenvalue weighted by Gasteiger charge is -2.09. The maximum absolute atomic E-state index is 5.91. The van der Waals surface area contributed by atoms with E-state index in [9.17, 15) is 0 Å². The third kappa shape index (κ3) is 4.67. The zero-order chi connectivity index (χ0) is 15.8. The van der Waals surface area contributed by atoms with Crippen LogP contribution in [0.2, 0.25) is 5.02 Å². The second-order valence-corrected chi connectivity index (χ2v) is 4.92. The minimum absolute atomic E-state index is 0.366. The minimum Gasteiger partial charge on any atom is -0.493 e. The molecular weight excluding hydrogens is 302 g/mol. The highest BCUT2D eigenvalue weighted by molar-refractivity contribution is 6.30. The summed E-state index contributed by atoms with van der Waals surface area (Å²) >= 11 is 5.91. The van der Waals surface area contributed by atoms with Crippen molar-refractivity contribution in [3.63, 3.8) is 0 Å². The van der Waals surface area contributed by atoms with Gasteiger partial charge in [-0.2, -0.15) is 0 Å². The van der Waals surface area contributed by atoms with E-state index in [2.05, 4.69) is 5.16 Å². The molecule has 0 atom stereocenters. The Balaban J connectivity index is 1.95. The van der Waals surface area contributed by atoms with Crippen LogP contribution in [0.4, 0.5) is 0 Å². The molecular formula is C17H18ClNO3. The van der Waals surface area contributed by atoms with Gasteiger partial charge in [0, 0.05) is 10.6 Å². The summed E-state index contributed by atoms with van der Waals surface area (Å²) in [6.07, 6.45) is 1.63. The number of rotatable bonds is 7. The van der Waals surface area contributed by atoms with Crippen molar-refractivity contribution in [2.24, 2.45) is 5.16 Å². The Labute approximate surface area is 135 Å². The van der Waals surface area contributed by atoms with Crippen LogP contribution >= 0.6 is 11.6 Å². The molecule has 0 aromatic heterocycles. The van der Waals surface area contributed by atoms with Gasteiger partial charge in [-0.05, 0) is 42.8 Å². The molecule has 22 heavy (non-hydrogen) atoms. The predicted molar refractivity (Wildman–Crippen MR) is 88.0 cm³/mol. The van der Waals surface area contributed by atoms with E-state index in [0.29, 0.717) is 29.7 Å². The first-order valence-electron chi connectivity index (χ1n) is 6.93. The van der Waals surface area contributed by atoms with E-state index in [1.54, 1.807) is 13.3 Å². The van der Waals surface area contributed by atoms with Crippen LogP contribution in [0.5, 0.6) is 11.5 Å². The molecule has 0 amide bonds. The van der Waals surface area contributed by atoms with Crippen molar-refractivity contribution >= 4 is 17.8 Å². The fourth-order valence-corrected chi connectivity index (χ4v) is 2.09. The molecule has 0 bridgehead atoms. The Bertz CT molecular complexity index is 644. The summed E-state index contributed by atoms with van der Waals surface area (Å²) in [5.41, 5.74) is 1.83. The van der Waals surface area contributed by atoms with Gasteiger partial charge in [-0.3, -0.25) is 0 Å². The zero-order valence-corrected chi connectivity index (χ0v) is 13.3. The van der Waals surface area contributed by atoms with Gasteiger partial charge in [0.25, 0.3) is 0 Å². The second kappa shape index (κ2) is 8.29. The Morgan fingerprint density at radius 3 is 2.73 bits per heavy atom. The molecule has 0 aliphatic heterocycles. The van der Waals surface area contributed by atoms with E-state index in [4.69, 9.17) is 25.9 Å². The van der Waals surface area contributed by atoms with Crippen LogP contribution in [0.1, 0.15) is 18.1 Å². The van der Waals surface area contributed by atoms with Crippen molar-refractivity contribution < 1.29 is 14.3 Å². The first kappa shape index (κ1) is 16.2. The quantitative estimate of drug-likeness (QED) is 0.564. The molecule has 0 spiro atoms. The summed E-state index contributed by atoms with van der Waals surface area (Å²) in [6, 6.07) is 13.1. The van der Waals surface area contributed by atoms with Crippen LogP contribution in [0, 0.1) is 0 Å². The Hall–Kier alpha value is -2.20. The molecule has 2 aromatic rings. The van der Waals surface area contributed by atoms with Gasteiger partial charge >= 0.3 is 0 Å². The second-order valence-electron chi connectivity index (χ2n) is 4.48. The summed E-state index contributed by atoms with van der Waals surface area (Å²) in [5, 5.41) is 4.63. The van der Waals surface area contributed by atoms with Crippen molar-refractivity contribution in [3.05, 3.63) is 58.6 Å². The SMILES string of the molecule is CCOc1ccc(/C=N/OCc2cccc(Cl)c2)cc1OC. The molecule has 0 saturated carbocycles. The van der Waals surface area contributed by atoms with Crippen LogP contribution in [-0.4, -0.2) is 19.9 Å². The van der Waals surface area contributed by atoms with Crippen molar-refractivity contribution in [1.82, 2.24) is 0 Å². The predicted octanol–water partition coefficient (Wildman–Crippen LogP) is 4.30. The van der Waals surface area contributed by atoms with E-state index in [0.717, 1.165) is 11.1 Å². The van der Waals surface area contributed by atoms with Gasteiger partial charge in [0.1, 0.15) is 6.61 Å². The van der Waals surface area contributed by atoms with Gasteiger partial charge in [0.2, 0.25) is 0 Å². The summed E-state index contributed by atoms with van der Waals surface area (Å²) in [4.78, 5) is 5.27. The van der Waals surface area contributed by atoms with Crippen molar-refractivity contribution in [2.45, 2.75) is 13.5 Å². The molecule has 0 fully saturated rings. The van der Waals surface area contributed by atoms with Crippen molar-refractivity contribution in [2.75, 3.05) is 13.7 Å². The highest BCUT2D eigenvalue weighted by atomic mass is 35.5. The molecule has 0 radical (unpaired) electrons. The molecule has 0 N–H and O–H groups in total. The number of oxime groups is 1. The van der Waals surface area contributed by atoms with Crippen LogP contribution in [0.25, 0.3) is 0 Å². The number of nitrogens with zero attached hydrogens (tertiary/aromatic N) is 1. The lowest BCUT2D eigenvalue weighted by Crippen LogP contribution is -1.96. The molecule has 5 heteroatoms. The van der Waals surface area contributed by atoms with Crippen LogP contribution in [0.15, 0.2) is 47.6 Å². The Morgan fingerprint density at radius 1 is 1.14 bits per heavy atom. The zero-order valence-electron chi connectivity index (χ0n) is 12.6. The smallest absolute Gasteiger partial charge is 0.161 e. The van der Waals surface area contributed by atoms with Gasteiger partial charge < -0.3 is 14.3 Å². The molecule has 2 aromatic carbocycles. The highest BCUT2D eigenvalue weighted by Crippen LogP contribution is 2.27. The summed E-state index contributed by atoms with van der Waals surface area (Å²) in [6.45, 7) is 2.89. The van der Waals surface area contributed by atoms with Crippen LogP contribution < -0.4 is 9.47 Å². The van der Waals surface area contributed by atoms with E-state index < -0.39 is 0 Å². The highest BCUT2D eigenvalue weighted by Gasteiger charge is 2.04. The molecule has 2 rings (SSSR count). The third-order valence-electron chi connectivity index (χ3n) is 2.88. The Morgan fingerprint density at radius 2 is 2.00 bits per heavy atom. The number of hydrogen-bond donors (Lipinski definition) is 0. The summed E-state index contributed by atoms with van der Waals surface area (Å²) in [7, 11) is 1.61. The Kier molecular flexibility index (Phi) is 6.10. The van der Waals surface area contributed by atoms with Gasteiger partial charge in [-0.15, -0.1) is 0 Å². The van der Waals surface area contributed by atoms with E-state index in [1.165, 1.54) is 0 Å². The van der Waals surface area contributed by atoms with Crippen molar-refractivity contribution in [1.29, 1.82) is 0 Å². The molecule has 116 valence electrons. The van der Waals surface area contributed by atoms with Gasteiger partial charge in [-0.25, -0.2) is 0 Å². The number of ether oxygens (including phenoxy) is 2. The maximum atomic E-state index is 5.91. The molecule has 0 saturated heterocycles. The molecule has 0 aliphatic rings. The van der Waals surface area contributed by atoms with Crippen LogP contribution in [-0.2, 0) is 11.4 Å².